The third kappa shape index (κ3) is 3.08. The van der Waals surface area contributed by atoms with Gasteiger partial charge < -0.3 is 40.4 Å². The minimum Gasteiger partial charge on any atom is -0.478 e. The van der Waals surface area contributed by atoms with E-state index in [1.54, 1.807) is 0 Å². The Kier molecular flexibility index (Phi) is 3.95. The lowest BCUT2D eigenvalue weighted by atomic mass is 10.4. The Hall–Kier alpha value is -1.95. The van der Waals surface area contributed by atoms with Crippen LogP contribution < -0.4 is 19.9 Å². The van der Waals surface area contributed by atoms with Gasteiger partial charge in [0.15, 0.2) is 0 Å². The van der Waals surface area contributed by atoms with E-state index in [2.05, 4.69) is 24.2 Å². The first-order chi connectivity index (χ1) is 8.62. The maximum atomic E-state index is 12.7. The summed E-state index contributed by atoms with van der Waals surface area (Å²) in [6.45, 7) is 0. The van der Waals surface area contributed by atoms with Gasteiger partial charge in [-0.1, -0.05) is 0 Å². The van der Waals surface area contributed by atoms with Gasteiger partial charge >= 0.3 is 12.0 Å². The molecule has 0 radical (unpaired) electrons. The number of alkyl halides is 1. The molecule has 19 heavy (non-hydrogen) atoms. The molecule has 0 amide bonds. The molecule has 0 saturated heterocycles. The fraction of sp³-hybridized carbons (Fsp3) is 0.500. The highest BCUT2D eigenvalue weighted by molar-refractivity contribution is 5.46. The number of anilines is 1. The van der Waals surface area contributed by atoms with Crippen molar-refractivity contribution < 1.29 is 39.0 Å². The average molecular weight is 281 g/mol. The fourth-order valence-corrected chi connectivity index (χ4v) is 0.997. The van der Waals surface area contributed by atoms with E-state index >= 15 is 0 Å². The van der Waals surface area contributed by atoms with Crippen LogP contribution in [0.1, 0.15) is 0 Å². The van der Waals surface area contributed by atoms with Crippen LogP contribution in [-0.2, 0) is 0 Å². The summed E-state index contributed by atoms with van der Waals surface area (Å²) in [7, 11) is 2.23. The zero-order valence-corrected chi connectivity index (χ0v) is 9.86. The molecule has 1 heterocycles. The molecule has 0 aliphatic rings. The van der Waals surface area contributed by atoms with E-state index in [-0.39, 0.29) is 5.95 Å². The molecular formula is C8H12FN3O7. The van der Waals surface area contributed by atoms with E-state index in [1.807, 2.05) is 0 Å². The summed E-state index contributed by atoms with van der Waals surface area (Å²) in [5.41, 5.74) is 5.29. The third-order valence-corrected chi connectivity index (χ3v) is 1.87. The Bertz CT molecular complexity index is 437. The number of nitrogen functional groups attached to an aromatic ring is 1. The molecule has 10 nitrogen and oxygen atoms in total. The maximum absolute atomic E-state index is 12.7. The van der Waals surface area contributed by atoms with Crippen LogP contribution in [-0.4, -0.2) is 56.6 Å². The lowest BCUT2D eigenvalue weighted by Crippen LogP contribution is -2.55. The fourth-order valence-electron chi connectivity index (χ4n) is 0.997. The molecule has 108 valence electrons. The summed E-state index contributed by atoms with van der Waals surface area (Å²) < 4.78 is 26.4. The first-order valence-corrected chi connectivity index (χ1v) is 4.65. The van der Waals surface area contributed by atoms with Crippen LogP contribution >= 0.6 is 0 Å². The molecular weight excluding hydrogens is 269 g/mol. The van der Waals surface area contributed by atoms with Crippen molar-refractivity contribution in [2.45, 2.75) is 12.0 Å². The van der Waals surface area contributed by atoms with Gasteiger partial charge in [-0.05, 0) is 0 Å². The Morgan fingerprint density at radius 1 is 1.05 bits per heavy atom. The summed E-state index contributed by atoms with van der Waals surface area (Å²) in [6.07, 6.45) is 0. The zero-order chi connectivity index (χ0) is 14.8. The van der Waals surface area contributed by atoms with Crippen molar-refractivity contribution >= 4 is 5.95 Å². The Morgan fingerprint density at radius 2 is 1.47 bits per heavy atom. The second-order valence-electron chi connectivity index (χ2n) is 3.23. The summed E-state index contributed by atoms with van der Waals surface area (Å²) in [6, 6.07) is -4.48. The van der Waals surface area contributed by atoms with Crippen LogP contribution in [0, 0.1) is 0 Å². The number of aromatic nitrogens is 2. The maximum Gasteiger partial charge on any atom is 0.414 e. The highest BCUT2D eigenvalue weighted by Gasteiger charge is 2.53. The summed E-state index contributed by atoms with van der Waals surface area (Å²) >= 11 is 0. The minimum atomic E-state index is -4.48. The molecule has 1 aromatic heterocycles. The van der Waals surface area contributed by atoms with E-state index in [1.165, 1.54) is 0 Å². The number of nitrogens with zero attached hydrogens (tertiary/aromatic N) is 2. The Balaban J connectivity index is 3.27. The highest BCUT2D eigenvalue weighted by Crippen LogP contribution is 2.37. The van der Waals surface area contributed by atoms with Crippen LogP contribution in [0.4, 0.5) is 10.3 Å². The van der Waals surface area contributed by atoms with Gasteiger partial charge in [0.05, 0.1) is 14.2 Å². The number of ether oxygens (including phenoxy) is 3. The van der Waals surface area contributed by atoms with Crippen molar-refractivity contribution in [3.63, 3.8) is 0 Å². The number of rotatable bonds is 5. The SMILES string of the molecule is COc1nc(N)nc(OC)c1OC(O)(O)C(O)(O)F. The summed E-state index contributed by atoms with van der Waals surface area (Å²) in [5, 5.41) is 35.2. The van der Waals surface area contributed by atoms with Gasteiger partial charge in [-0.15, -0.1) is 0 Å². The molecule has 1 rings (SSSR count). The first kappa shape index (κ1) is 15.1. The van der Waals surface area contributed by atoms with E-state index in [0.717, 1.165) is 14.2 Å². The van der Waals surface area contributed by atoms with E-state index in [4.69, 9.17) is 26.2 Å². The summed E-state index contributed by atoms with van der Waals surface area (Å²) in [4.78, 5) is 7.00. The monoisotopic (exact) mass is 281 g/mol. The second-order valence-corrected chi connectivity index (χ2v) is 3.23. The standard InChI is InChI=1S/C8H12FN3O7/c1-17-4-3(5(18-2)12-6(10)11-4)19-8(15,16)7(9,13)14/h13-16H,1-2H3,(H2,10,11,12). The molecule has 0 aromatic carbocycles. The smallest absolute Gasteiger partial charge is 0.414 e. The van der Waals surface area contributed by atoms with E-state index in [0.29, 0.717) is 0 Å². The molecule has 0 spiro atoms. The normalized spacial score (nSPS) is 12.2. The second kappa shape index (κ2) is 4.97. The molecule has 6 N–H and O–H groups in total. The van der Waals surface area contributed by atoms with Crippen LogP contribution in [0.3, 0.4) is 0 Å². The number of hydrogen-bond acceptors (Lipinski definition) is 10. The van der Waals surface area contributed by atoms with Gasteiger partial charge in [0.1, 0.15) is 0 Å². The van der Waals surface area contributed by atoms with Crippen molar-refractivity contribution in [1.29, 1.82) is 0 Å². The Labute approximate surface area is 105 Å². The number of nitrogens with two attached hydrogens (primary N) is 1. The van der Waals surface area contributed by atoms with E-state index < -0.39 is 29.5 Å². The predicted octanol–water partition coefficient (Wildman–Crippen LogP) is -2.30. The minimum absolute atomic E-state index is 0.304. The van der Waals surface area contributed by atoms with Crippen LogP contribution in [0.15, 0.2) is 0 Å². The van der Waals surface area contributed by atoms with Crippen molar-refractivity contribution in [2.75, 3.05) is 20.0 Å². The van der Waals surface area contributed by atoms with Crippen molar-refractivity contribution in [3.05, 3.63) is 0 Å². The molecule has 0 aliphatic heterocycles. The van der Waals surface area contributed by atoms with Crippen LogP contribution in [0.2, 0.25) is 0 Å². The molecule has 0 saturated carbocycles. The molecule has 11 heteroatoms. The van der Waals surface area contributed by atoms with Crippen molar-refractivity contribution in [1.82, 2.24) is 9.97 Å². The average Bonchev–Trinajstić information content (AvgIpc) is 2.28. The van der Waals surface area contributed by atoms with Gasteiger partial charge in [-0.25, -0.2) is 0 Å². The molecule has 0 atom stereocenters. The predicted molar refractivity (Wildman–Crippen MR) is 55.6 cm³/mol. The molecule has 0 fully saturated rings. The quantitative estimate of drug-likeness (QED) is 0.371. The third-order valence-electron chi connectivity index (χ3n) is 1.87. The molecule has 1 aromatic rings. The number of hydrogen-bond donors (Lipinski definition) is 5. The number of methoxy groups -OCH3 is 2. The largest absolute Gasteiger partial charge is 0.478 e. The van der Waals surface area contributed by atoms with Crippen molar-refractivity contribution in [2.24, 2.45) is 0 Å². The molecule has 0 bridgehead atoms. The number of aliphatic hydroxyl groups is 4. The highest BCUT2D eigenvalue weighted by atomic mass is 19.2. The van der Waals surface area contributed by atoms with Crippen LogP contribution in [0.25, 0.3) is 0 Å². The van der Waals surface area contributed by atoms with Crippen LogP contribution in [0.5, 0.6) is 17.5 Å². The molecule has 0 aliphatic carbocycles. The van der Waals surface area contributed by atoms with Gasteiger partial charge in [-0.2, -0.15) is 14.4 Å². The van der Waals surface area contributed by atoms with E-state index in [9.17, 15) is 4.39 Å². The van der Waals surface area contributed by atoms with Gasteiger partial charge in [-0.3, -0.25) is 0 Å². The van der Waals surface area contributed by atoms with Gasteiger partial charge in [0, 0.05) is 0 Å². The van der Waals surface area contributed by atoms with Gasteiger partial charge in [0.25, 0.3) is 11.8 Å². The Morgan fingerprint density at radius 3 is 1.79 bits per heavy atom. The lowest BCUT2D eigenvalue weighted by molar-refractivity contribution is -0.477. The van der Waals surface area contributed by atoms with Crippen molar-refractivity contribution in [3.8, 4) is 17.5 Å². The molecule has 0 unspecified atom stereocenters. The topological polar surface area (TPSA) is 160 Å². The van der Waals surface area contributed by atoms with Gasteiger partial charge in [0.2, 0.25) is 11.7 Å². The summed E-state index contributed by atoms with van der Waals surface area (Å²) in [5.74, 6) is -5.91. The zero-order valence-electron chi connectivity index (χ0n) is 9.86. The number of halogens is 1. The first-order valence-electron chi connectivity index (χ1n) is 4.65. The lowest BCUT2D eigenvalue weighted by Gasteiger charge is -2.28.